The van der Waals surface area contributed by atoms with Crippen LogP contribution in [0.15, 0.2) is 54.6 Å². The first-order chi connectivity index (χ1) is 19.2. The van der Waals surface area contributed by atoms with Crippen LogP contribution in [0.2, 0.25) is 0 Å². The highest BCUT2D eigenvalue weighted by atomic mass is 16.6. The summed E-state index contributed by atoms with van der Waals surface area (Å²) in [5.74, 6) is -0.250. The van der Waals surface area contributed by atoms with Crippen molar-refractivity contribution in [3.8, 4) is 5.75 Å². The summed E-state index contributed by atoms with van der Waals surface area (Å²) < 4.78 is 16.5. The van der Waals surface area contributed by atoms with Crippen molar-refractivity contribution >= 4 is 29.7 Å². The highest BCUT2D eigenvalue weighted by molar-refractivity contribution is 5.97. The summed E-state index contributed by atoms with van der Waals surface area (Å²) in [6.45, 7) is 10.5. The van der Waals surface area contributed by atoms with Crippen LogP contribution in [0.3, 0.4) is 0 Å². The Morgan fingerprint density at radius 3 is 2.12 bits per heavy atom. The van der Waals surface area contributed by atoms with Gasteiger partial charge in [0, 0.05) is 18.3 Å². The smallest absolute Gasteiger partial charge is 0.411 e. The van der Waals surface area contributed by atoms with Crippen LogP contribution in [-0.4, -0.2) is 65.3 Å². The number of ether oxygens (including phenoxy) is 3. The molecule has 3 rings (SSSR count). The monoisotopic (exact) mass is 568 g/mol. The fraction of sp³-hybridized carbons (Fsp3) is 0.467. The van der Waals surface area contributed by atoms with E-state index in [-0.39, 0.29) is 19.5 Å². The van der Waals surface area contributed by atoms with E-state index in [1.807, 2.05) is 30.3 Å². The van der Waals surface area contributed by atoms with Crippen LogP contribution >= 0.6 is 0 Å². The molecule has 3 N–H and O–H groups in total. The SMILES string of the molecule is CC(C)(C)OC(=O)NCC(=O)NC1C[C@@H](C(=O)Nc2ccc(OCc3ccccc3)cc2)N(C(=O)OC(C)(C)C)C1. The zero-order valence-corrected chi connectivity index (χ0v) is 24.5. The second-order valence-electron chi connectivity index (χ2n) is 11.8. The Kier molecular flexibility index (Phi) is 10.2. The minimum atomic E-state index is -0.886. The number of nitrogens with zero attached hydrogens (tertiary/aromatic N) is 1. The standard InChI is InChI=1S/C30H40N4O7/c1-29(2,3)40-27(37)31-17-25(35)32-22-16-24(34(18-22)28(38)41-30(4,5)6)26(36)33-21-12-14-23(15-13-21)39-19-20-10-8-7-9-11-20/h7-15,22,24H,16-19H2,1-6H3,(H,31,37)(H,32,35)(H,33,36)/t22?,24-/m0/s1. The largest absolute Gasteiger partial charge is 0.489 e. The molecule has 1 unspecified atom stereocenters. The van der Waals surface area contributed by atoms with Crippen molar-refractivity contribution in [1.29, 1.82) is 0 Å². The van der Waals surface area contributed by atoms with Crippen LogP contribution in [0, 0.1) is 0 Å². The number of nitrogens with one attached hydrogen (secondary N) is 3. The molecule has 0 aliphatic carbocycles. The third-order valence-electron chi connectivity index (χ3n) is 5.76. The van der Waals surface area contributed by atoms with Crippen molar-refractivity contribution in [1.82, 2.24) is 15.5 Å². The van der Waals surface area contributed by atoms with Crippen LogP contribution in [0.1, 0.15) is 53.5 Å². The lowest BCUT2D eigenvalue weighted by atomic mass is 10.1. The number of amides is 4. The molecule has 0 saturated carbocycles. The lowest BCUT2D eigenvalue weighted by Crippen LogP contribution is -2.46. The van der Waals surface area contributed by atoms with Gasteiger partial charge in [-0.2, -0.15) is 0 Å². The van der Waals surface area contributed by atoms with Crippen LogP contribution in [0.4, 0.5) is 15.3 Å². The zero-order chi connectivity index (χ0) is 30.2. The molecule has 1 aliphatic heterocycles. The molecule has 0 aromatic heterocycles. The minimum absolute atomic E-state index is 0.0669. The summed E-state index contributed by atoms with van der Waals surface area (Å²) in [6, 6.07) is 15.3. The van der Waals surface area contributed by atoms with Crippen molar-refractivity contribution in [3.63, 3.8) is 0 Å². The van der Waals surface area contributed by atoms with Gasteiger partial charge in [-0.15, -0.1) is 0 Å². The zero-order valence-electron chi connectivity index (χ0n) is 24.5. The Morgan fingerprint density at radius 1 is 0.878 bits per heavy atom. The molecule has 41 heavy (non-hydrogen) atoms. The number of carbonyl (C=O) groups is 4. The molecular weight excluding hydrogens is 528 g/mol. The van der Waals surface area contributed by atoms with Gasteiger partial charge in [0.05, 0.1) is 0 Å². The van der Waals surface area contributed by atoms with E-state index >= 15 is 0 Å². The molecule has 0 bridgehead atoms. The topological polar surface area (TPSA) is 135 Å². The lowest BCUT2D eigenvalue weighted by Gasteiger charge is -2.28. The number of rotatable bonds is 8. The Labute approximate surface area is 240 Å². The highest BCUT2D eigenvalue weighted by Gasteiger charge is 2.42. The molecule has 2 aromatic carbocycles. The van der Waals surface area contributed by atoms with Crippen molar-refractivity contribution in [3.05, 3.63) is 60.2 Å². The van der Waals surface area contributed by atoms with E-state index in [1.165, 1.54) is 4.90 Å². The van der Waals surface area contributed by atoms with Crippen molar-refractivity contribution in [2.45, 2.75) is 77.9 Å². The number of anilines is 1. The summed E-state index contributed by atoms with van der Waals surface area (Å²) >= 11 is 0. The van der Waals surface area contributed by atoms with Gasteiger partial charge in [0.15, 0.2) is 0 Å². The van der Waals surface area contributed by atoms with E-state index in [9.17, 15) is 19.2 Å². The molecule has 1 saturated heterocycles. The number of likely N-dealkylation sites (tertiary alicyclic amines) is 1. The molecule has 2 aromatic rings. The number of hydrogen-bond donors (Lipinski definition) is 3. The molecule has 11 nitrogen and oxygen atoms in total. The number of benzene rings is 2. The van der Waals surface area contributed by atoms with Gasteiger partial charge in [-0.3, -0.25) is 14.5 Å². The molecule has 222 valence electrons. The molecular formula is C30H40N4O7. The molecule has 1 fully saturated rings. The summed E-state index contributed by atoms with van der Waals surface area (Å²) in [5.41, 5.74) is 0.0957. The van der Waals surface area contributed by atoms with Crippen LogP contribution in [-0.2, 0) is 25.7 Å². The van der Waals surface area contributed by atoms with E-state index in [4.69, 9.17) is 14.2 Å². The molecule has 2 atom stereocenters. The van der Waals surface area contributed by atoms with Gasteiger partial charge in [0.1, 0.15) is 36.1 Å². The molecule has 0 spiro atoms. The second kappa shape index (κ2) is 13.4. The van der Waals surface area contributed by atoms with Crippen LogP contribution in [0.5, 0.6) is 5.75 Å². The maximum absolute atomic E-state index is 13.3. The molecule has 1 heterocycles. The number of hydrogen-bond acceptors (Lipinski definition) is 7. The quantitative estimate of drug-likeness (QED) is 0.434. The predicted molar refractivity (Wildman–Crippen MR) is 153 cm³/mol. The average Bonchev–Trinajstić information content (AvgIpc) is 3.30. The van der Waals surface area contributed by atoms with Crippen LogP contribution < -0.4 is 20.7 Å². The van der Waals surface area contributed by atoms with Gasteiger partial charge in [0.25, 0.3) is 0 Å². The Bertz CT molecular complexity index is 1200. The van der Waals surface area contributed by atoms with E-state index in [1.54, 1.807) is 65.8 Å². The summed E-state index contributed by atoms with van der Waals surface area (Å²) in [6.07, 6.45) is -1.21. The number of carbonyl (C=O) groups excluding carboxylic acids is 4. The third kappa shape index (κ3) is 10.7. The second-order valence-corrected chi connectivity index (χ2v) is 11.8. The van der Waals surface area contributed by atoms with E-state index in [2.05, 4.69) is 16.0 Å². The molecule has 0 radical (unpaired) electrons. The lowest BCUT2D eigenvalue weighted by molar-refractivity contribution is -0.121. The normalized spacial score (nSPS) is 16.9. The first-order valence-corrected chi connectivity index (χ1v) is 13.5. The fourth-order valence-corrected chi connectivity index (χ4v) is 4.06. The van der Waals surface area contributed by atoms with Crippen molar-refractivity contribution < 1.29 is 33.4 Å². The van der Waals surface area contributed by atoms with Gasteiger partial charge < -0.3 is 30.2 Å². The van der Waals surface area contributed by atoms with E-state index in [0.717, 1.165) is 5.56 Å². The van der Waals surface area contributed by atoms with Crippen LogP contribution in [0.25, 0.3) is 0 Å². The van der Waals surface area contributed by atoms with E-state index in [0.29, 0.717) is 18.0 Å². The fourth-order valence-electron chi connectivity index (χ4n) is 4.06. The molecule has 1 aliphatic rings. The number of alkyl carbamates (subject to hydrolysis) is 1. The van der Waals surface area contributed by atoms with E-state index < -0.39 is 47.3 Å². The molecule has 4 amide bonds. The van der Waals surface area contributed by atoms with Gasteiger partial charge >= 0.3 is 12.2 Å². The first kappa shape index (κ1) is 31.3. The summed E-state index contributed by atoms with van der Waals surface area (Å²) in [5, 5.41) is 8.01. The van der Waals surface area contributed by atoms with Crippen molar-refractivity contribution in [2.75, 3.05) is 18.4 Å². The molecule has 11 heteroatoms. The Hall–Kier alpha value is -4.28. The summed E-state index contributed by atoms with van der Waals surface area (Å²) in [4.78, 5) is 51.9. The Balaban J connectivity index is 1.60. The van der Waals surface area contributed by atoms with Gasteiger partial charge in [-0.25, -0.2) is 9.59 Å². The van der Waals surface area contributed by atoms with Crippen molar-refractivity contribution in [2.24, 2.45) is 0 Å². The predicted octanol–water partition coefficient (Wildman–Crippen LogP) is 4.22. The maximum Gasteiger partial charge on any atom is 0.411 e. The first-order valence-electron chi connectivity index (χ1n) is 13.5. The van der Waals surface area contributed by atoms with Gasteiger partial charge in [-0.05, 0) is 77.8 Å². The third-order valence-corrected chi connectivity index (χ3v) is 5.76. The van der Waals surface area contributed by atoms with Gasteiger partial charge in [-0.1, -0.05) is 30.3 Å². The summed E-state index contributed by atoms with van der Waals surface area (Å²) in [7, 11) is 0. The Morgan fingerprint density at radius 2 is 1.51 bits per heavy atom. The maximum atomic E-state index is 13.3. The van der Waals surface area contributed by atoms with Gasteiger partial charge in [0.2, 0.25) is 11.8 Å². The minimum Gasteiger partial charge on any atom is -0.489 e. The average molecular weight is 569 g/mol. The highest BCUT2D eigenvalue weighted by Crippen LogP contribution is 2.24.